The quantitative estimate of drug-likeness (QED) is 0.799. The lowest BCUT2D eigenvalue weighted by atomic mass is 9.88. The molecule has 3 nitrogen and oxygen atoms in total. The van der Waals surface area contributed by atoms with E-state index in [1.54, 1.807) is 6.07 Å². The molecule has 0 aromatic heterocycles. The Bertz CT molecular complexity index is 714. The minimum absolute atomic E-state index is 0.0849. The Morgan fingerprint density at radius 1 is 1.19 bits per heavy atom. The molecule has 2 heterocycles. The van der Waals surface area contributed by atoms with Crippen LogP contribution in [0.5, 0.6) is 5.75 Å². The first-order chi connectivity index (χ1) is 10.2. The first kappa shape index (κ1) is 12.4. The van der Waals surface area contributed by atoms with Crippen LogP contribution in [0.1, 0.15) is 18.4 Å². The number of anilines is 1. The monoisotopic (exact) mass is 282 g/mol. The number of hydrogen-bond acceptors (Lipinski definition) is 3. The van der Waals surface area contributed by atoms with Gasteiger partial charge in [0.25, 0.3) is 0 Å². The molecule has 0 aliphatic carbocycles. The summed E-state index contributed by atoms with van der Waals surface area (Å²) in [6, 6.07) is 14.9. The summed E-state index contributed by atoms with van der Waals surface area (Å²) >= 11 is 0. The Balaban J connectivity index is 1.77. The standard InChI is InChI=1S/C17H15FN2O/c1-11-17(12-5-3-2-4-6-12)15-10-21-16-8-7-13(18)9-14(16)20(15)19-11/h2-9,15,17H,10H2,1H3/t15-,17+/m0/s1. The fraction of sp³-hybridized carbons (Fsp3) is 0.235. The smallest absolute Gasteiger partial charge is 0.144 e. The third-order valence-electron chi connectivity index (χ3n) is 4.15. The van der Waals surface area contributed by atoms with E-state index in [0.29, 0.717) is 18.0 Å². The molecule has 2 aliphatic heterocycles. The molecule has 0 spiro atoms. The zero-order chi connectivity index (χ0) is 14.4. The molecule has 4 heteroatoms. The second-order valence-electron chi connectivity index (χ2n) is 5.46. The van der Waals surface area contributed by atoms with E-state index in [1.165, 1.54) is 17.7 Å². The summed E-state index contributed by atoms with van der Waals surface area (Å²) in [4.78, 5) is 0. The number of rotatable bonds is 1. The molecule has 0 unspecified atom stereocenters. The first-order valence-corrected chi connectivity index (χ1v) is 7.05. The number of hydrogen-bond donors (Lipinski definition) is 0. The highest BCUT2D eigenvalue weighted by Crippen LogP contribution is 2.42. The number of nitrogens with zero attached hydrogens (tertiary/aromatic N) is 2. The van der Waals surface area contributed by atoms with Gasteiger partial charge in [-0.15, -0.1) is 0 Å². The molecule has 2 atom stereocenters. The largest absolute Gasteiger partial charge is 0.489 e. The topological polar surface area (TPSA) is 24.8 Å². The Morgan fingerprint density at radius 2 is 2.00 bits per heavy atom. The van der Waals surface area contributed by atoms with E-state index in [2.05, 4.69) is 17.2 Å². The van der Waals surface area contributed by atoms with Gasteiger partial charge in [-0.1, -0.05) is 30.3 Å². The van der Waals surface area contributed by atoms with Gasteiger partial charge in [0.15, 0.2) is 0 Å². The van der Waals surface area contributed by atoms with Gasteiger partial charge in [0.2, 0.25) is 0 Å². The SMILES string of the molecule is CC1=NN2c3cc(F)ccc3OC[C@H]2[C@H]1c1ccccc1. The Hall–Kier alpha value is -2.36. The van der Waals surface area contributed by atoms with Crippen molar-refractivity contribution in [1.29, 1.82) is 0 Å². The fourth-order valence-corrected chi connectivity index (χ4v) is 3.22. The maximum Gasteiger partial charge on any atom is 0.144 e. The van der Waals surface area contributed by atoms with Crippen LogP contribution >= 0.6 is 0 Å². The Morgan fingerprint density at radius 3 is 2.81 bits per heavy atom. The first-order valence-electron chi connectivity index (χ1n) is 7.05. The molecular formula is C17H15FN2O. The minimum atomic E-state index is -0.269. The van der Waals surface area contributed by atoms with E-state index in [0.717, 1.165) is 5.71 Å². The Kier molecular flexibility index (Phi) is 2.70. The van der Waals surface area contributed by atoms with E-state index < -0.39 is 0 Å². The highest BCUT2D eigenvalue weighted by Gasteiger charge is 2.41. The molecule has 106 valence electrons. The molecular weight excluding hydrogens is 267 g/mol. The van der Waals surface area contributed by atoms with Crippen LogP contribution in [0.4, 0.5) is 10.1 Å². The van der Waals surface area contributed by atoms with Gasteiger partial charge in [0, 0.05) is 17.7 Å². The van der Waals surface area contributed by atoms with Gasteiger partial charge in [-0.05, 0) is 24.6 Å². The highest BCUT2D eigenvalue weighted by atomic mass is 19.1. The maximum atomic E-state index is 13.5. The van der Waals surface area contributed by atoms with Crippen LogP contribution in [-0.2, 0) is 0 Å². The molecule has 0 fully saturated rings. The number of halogens is 1. The van der Waals surface area contributed by atoms with Crippen molar-refractivity contribution in [3.63, 3.8) is 0 Å². The van der Waals surface area contributed by atoms with Crippen LogP contribution in [0, 0.1) is 5.82 Å². The van der Waals surface area contributed by atoms with E-state index >= 15 is 0 Å². The molecule has 2 aromatic carbocycles. The van der Waals surface area contributed by atoms with Crippen LogP contribution in [0.3, 0.4) is 0 Å². The molecule has 2 aromatic rings. The van der Waals surface area contributed by atoms with Crippen molar-refractivity contribution in [2.45, 2.75) is 18.9 Å². The number of ether oxygens (including phenoxy) is 1. The van der Waals surface area contributed by atoms with Crippen molar-refractivity contribution < 1.29 is 9.13 Å². The lowest BCUT2D eigenvalue weighted by Gasteiger charge is -2.33. The number of hydrazone groups is 1. The molecule has 0 bridgehead atoms. The highest BCUT2D eigenvalue weighted by molar-refractivity contribution is 5.94. The van der Waals surface area contributed by atoms with Crippen molar-refractivity contribution in [3.8, 4) is 5.75 Å². The third-order valence-corrected chi connectivity index (χ3v) is 4.15. The van der Waals surface area contributed by atoms with Crippen LogP contribution in [0.25, 0.3) is 0 Å². The molecule has 0 saturated heterocycles. The van der Waals surface area contributed by atoms with Gasteiger partial charge < -0.3 is 4.74 Å². The summed E-state index contributed by atoms with van der Waals surface area (Å²) in [6.45, 7) is 2.58. The van der Waals surface area contributed by atoms with Gasteiger partial charge in [-0.25, -0.2) is 4.39 Å². The maximum absolute atomic E-state index is 13.5. The van der Waals surface area contributed by atoms with E-state index in [-0.39, 0.29) is 17.8 Å². The molecule has 2 aliphatic rings. The molecule has 21 heavy (non-hydrogen) atoms. The minimum Gasteiger partial charge on any atom is -0.489 e. The van der Waals surface area contributed by atoms with Gasteiger partial charge >= 0.3 is 0 Å². The lowest BCUT2D eigenvalue weighted by Crippen LogP contribution is -2.40. The van der Waals surface area contributed by atoms with Crippen molar-refractivity contribution in [3.05, 3.63) is 59.9 Å². The predicted octanol–water partition coefficient (Wildman–Crippen LogP) is 3.57. The lowest BCUT2D eigenvalue weighted by molar-refractivity contribution is 0.262. The average molecular weight is 282 g/mol. The normalized spacial score (nSPS) is 23.1. The van der Waals surface area contributed by atoms with E-state index in [9.17, 15) is 4.39 Å². The zero-order valence-corrected chi connectivity index (χ0v) is 11.7. The van der Waals surface area contributed by atoms with Gasteiger partial charge in [-0.3, -0.25) is 5.01 Å². The molecule has 4 rings (SSSR count). The van der Waals surface area contributed by atoms with Crippen LogP contribution in [0.15, 0.2) is 53.6 Å². The van der Waals surface area contributed by atoms with Crippen LogP contribution in [0.2, 0.25) is 0 Å². The molecule has 0 amide bonds. The zero-order valence-electron chi connectivity index (χ0n) is 11.7. The van der Waals surface area contributed by atoms with Crippen molar-refractivity contribution >= 4 is 11.4 Å². The molecule has 0 saturated carbocycles. The second kappa shape index (κ2) is 4.58. The van der Waals surface area contributed by atoms with E-state index in [4.69, 9.17) is 4.74 Å². The van der Waals surface area contributed by atoms with Crippen LogP contribution in [-0.4, -0.2) is 18.4 Å². The summed E-state index contributed by atoms with van der Waals surface area (Å²) in [5, 5.41) is 6.57. The van der Waals surface area contributed by atoms with Gasteiger partial charge in [0.05, 0.1) is 6.04 Å². The summed E-state index contributed by atoms with van der Waals surface area (Å²) in [5.74, 6) is 0.606. The van der Waals surface area contributed by atoms with Crippen LogP contribution < -0.4 is 9.75 Å². The second-order valence-corrected chi connectivity index (χ2v) is 5.46. The summed E-state index contributed by atoms with van der Waals surface area (Å²) in [5.41, 5.74) is 2.96. The van der Waals surface area contributed by atoms with Crippen molar-refractivity contribution in [2.75, 3.05) is 11.6 Å². The molecule has 0 radical (unpaired) electrons. The summed E-state index contributed by atoms with van der Waals surface area (Å²) < 4.78 is 19.3. The number of benzene rings is 2. The Labute approximate surface area is 122 Å². The summed E-state index contributed by atoms with van der Waals surface area (Å²) in [6.07, 6.45) is 0. The molecule has 0 N–H and O–H groups in total. The predicted molar refractivity (Wildman–Crippen MR) is 80.5 cm³/mol. The van der Waals surface area contributed by atoms with E-state index in [1.807, 2.05) is 30.1 Å². The fourth-order valence-electron chi connectivity index (χ4n) is 3.22. The third kappa shape index (κ3) is 1.90. The van der Waals surface area contributed by atoms with Gasteiger partial charge in [-0.2, -0.15) is 5.10 Å². The van der Waals surface area contributed by atoms with Crippen molar-refractivity contribution in [2.24, 2.45) is 5.10 Å². The van der Waals surface area contributed by atoms with Gasteiger partial charge in [0.1, 0.15) is 23.9 Å². The van der Waals surface area contributed by atoms with Crippen molar-refractivity contribution in [1.82, 2.24) is 0 Å². The number of fused-ring (bicyclic) bond motifs is 3. The summed E-state index contributed by atoms with van der Waals surface area (Å²) in [7, 11) is 0. The average Bonchev–Trinajstić information content (AvgIpc) is 2.84.